The number of hydrogen-bond donors (Lipinski definition) is 0. The summed E-state index contributed by atoms with van der Waals surface area (Å²) in [5.74, 6) is 0.620. The van der Waals surface area contributed by atoms with Crippen LogP contribution in [0.15, 0.2) is 18.2 Å². The molecule has 0 atom stereocenters. The summed E-state index contributed by atoms with van der Waals surface area (Å²) in [6.07, 6.45) is 0. The van der Waals surface area contributed by atoms with Crippen LogP contribution in [0.25, 0.3) is 0 Å². The maximum atomic E-state index is 5.76. The number of rotatable bonds is 2. The van der Waals surface area contributed by atoms with Crippen molar-refractivity contribution in [2.24, 2.45) is 0 Å². The van der Waals surface area contributed by atoms with E-state index in [4.69, 9.17) is 11.6 Å². The summed E-state index contributed by atoms with van der Waals surface area (Å²) in [5.41, 5.74) is 2.61. The number of halogens is 3. The molecule has 1 rings (SSSR count). The summed E-state index contributed by atoms with van der Waals surface area (Å²) in [6, 6.07) is 6.38. The van der Waals surface area contributed by atoms with Gasteiger partial charge in [0.1, 0.15) is 0 Å². The normalized spacial score (nSPS) is 10.1. The summed E-state index contributed by atoms with van der Waals surface area (Å²) in [4.78, 5) is 0. The van der Waals surface area contributed by atoms with Gasteiger partial charge in [0, 0.05) is 13.9 Å². The molecule has 0 spiro atoms. The van der Waals surface area contributed by atoms with E-state index in [-0.39, 0.29) is 0 Å². The minimum absolute atomic E-state index is 0.620. The lowest BCUT2D eigenvalue weighted by molar-refractivity contribution is 1.28. The van der Waals surface area contributed by atoms with Crippen molar-refractivity contribution >= 4 is 56.8 Å². The third-order valence-corrected chi connectivity index (χ3v) is 3.24. The zero-order valence-electron chi connectivity index (χ0n) is 5.78. The fourth-order valence-corrected chi connectivity index (χ4v) is 2.38. The maximum Gasteiger partial charge on any atom is 0.0477 e. The largest absolute Gasteiger partial charge is 0.122 e. The molecule has 0 saturated carbocycles. The number of benzene rings is 1. The molecule has 0 amide bonds. The molecule has 0 aliphatic carbocycles. The summed E-state index contributed by atoms with van der Waals surface area (Å²) in [6.45, 7) is 0. The standard InChI is InChI=1S/C8H7ClI2/c9-4-6-1-2-8(11)3-7(6)5-10/h1-3H,4-5H2. The number of alkyl halides is 2. The lowest BCUT2D eigenvalue weighted by Crippen LogP contribution is -1.88. The highest BCUT2D eigenvalue weighted by Gasteiger charge is 1.99. The SMILES string of the molecule is ClCc1ccc(I)cc1CI. The van der Waals surface area contributed by atoms with Crippen molar-refractivity contribution in [3.63, 3.8) is 0 Å². The molecule has 0 N–H and O–H groups in total. The van der Waals surface area contributed by atoms with Crippen molar-refractivity contribution in [3.8, 4) is 0 Å². The summed E-state index contributed by atoms with van der Waals surface area (Å²) in [7, 11) is 0. The molecule has 1 aromatic rings. The Balaban J connectivity index is 3.06. The van der Waals surface area contributed by atoms with Gasteiger partial charge in [-0.3, -0.25) is 0 Å². The lowest BCUT2D eigenvalue weighted by atomic mass is 10.1. The zero-order valence-corrected chi connectivity index (χ0v) is 10.9. The molecule has 0 unspecified atom stereocenters. The topological polar surface area (TPSA) is 0 Å². The fourth-order valence-electron chi connectivity index (χ4n) is 0.849. The average molecular weight is 392 g/mol. The first-order chi connectivity index (χ1) is 5.27. The molecule has 0 heterocycles. The number of hydrogen-bond acceptors (Lipinski definition) is 0. The first-order valence-corrected chi connectivity index (χ1v) is 6.31. The highest BCUT2D eigenvalue weighted by molar-refractivity contribution is 14.1. The van der Waals surface area contributed by atoms with Crippen LogP contribution in [0.3, 0.4) is 0 Å². The minimum atomic E-state index is 0.620. The Morgan fingerprint density at radius 2 is 2.00 bits per heavy atom. The quantitative estimate of drug-likeness (QED) is 0.528. The molecular weight excluding hydrogens is 385 g/mol. The summed E-state index contributed by atoms with van der Waals surface area (Å²) >= 11 is 10.4. The van der Waals surface area contributed by atoms with E-state index in [0.717, 1.165) is 4.43 Å². The van der Waals surface area contributed by atoms with Crippen LogP contribution in [0.2, 0.25) is 0 Å². The van der Waals surface area contributed by atoms with Gasteiger partial charge >= 0.3 is 0 Å². The highest BCUT2D eigenvalue weighted by atomic mass is 127. The van der Waals surface area contributed by atoms with Crippen LogP contribution in [0.1, 0.15) is 11.1 Å². The van der Waals surface area contributed by atoms with Crippen LogP contribution < -0.4 is 0 Å². The Kier molecular flexibility index (Phi) is 4.45. The Labute approximate surface area is 99.0 Å². The average Bonchev–Trinajstić information content (AvgIpc) is 2.04. The van der Waals surface area contributed by atoms with E-state index >= 15 is 0 Å². The van der Waals surface area contributed by atoms with E-state index in [1.165, 1.54) is 14.7 Å². The molecule has 0 radical (unpaired) electrons. The summed E-state index contributed by atoms with van der Waals surface area (Å²) in [5, 5.41) is 0. The van der Waals surface area contributed by atoms with Crippen molar-refractivity contribution < 1.29 is 0 Å². The van der Waals surface area contributed by atoms with E-state index < -0.39 is 0 Å². The molecule has 0 aromatic heterocycles. The van der Waals surface area contributed by atoms with Gasteiger partial charge in [-0.05, 0) is 45.9 Å². The smallest absolute Gasteiger partial charge is 0.0477 e. The van der Waals surface area contributed by atoms with Crippen molar-refractivity contribution in [1.82, 2.24) is 0 Å². The Hall–Kier alpha value is 0.970. The van der Waals surface area contributed by atoms with E-state index in [1.54, 1.807) is 0 Å². The van der Waals surface area contributed by atoms with Gasteiger partial charge < -0.3 is 0 Å². The van der Waals surface area contributed by atoms with Gasteiger partial charge in [-0.2, -0.15) is 0 Å². The third-order valence-electron chi connectivity index (χ3n) is 1.46. The van der Waals surface area contributed by atoms with Gasteiger partial charge in [-0.1, -0.05) is 28.7 Å². The van der Waals surface area contributed by atoms with Crippen LogP contribution in [-0.4, -0.2) is 0 Å². The molecule has 3 heteroatoms. The molecule has 0 bridgehead atoms. The second-order valence-corrected chi connectivity index (χ2v) is 4.46. The Bertz CT molecular complexity index is 248. The lowest BCUT2D eigenvalue weighted by Gasteiger charge is -2.03. The maximum absolute atomic E-state index is 5.76. The van der Waals surface area contributed by atoms with E-state index in [9.17, 15) is 0 Å². The molecule has 60 valence electrons. The van der Waals surface area contributed by atoms with Gasteiger partial charge in [0.2, 0.25) is 0 Å². The van der Waals surface area contributed by atoms with Crippen molar-refractivity contribution in [2.75, 3.05) is 0 Å². The molecule has 1 aromatic carbocycles. The van der Waals surface area contributed by atoms with E-state index in [0.29, 0.717) is 5.88 Å². The molecular formula is C8H7ClI2. The monoisotopic (exact) mass is 392 g/mol. The van der Waals surface area contributed by atoms with Crippen molar-refractivity contribution in [2.45, 2.75) is 10.3 Å². The first-order valence-electron chi connectivity index (χ1n) is 3.17. The predicted octanol–water partition coefficient (Wildman–Crippen LogP) is 3.97. The zero-order chi connectivity index (χ0) is 8.27. The van der Waals surface area contributed by atoms with Crippen LogP contribution in [0.5, 0.6) is 0 Å². The second-order valence-electron chi connectivity index (χ2n) is 2.18. The minimum Gasteiger partial charge on any atom is -0.122 e. The van der Waals surface area contributed by atoms with Crippen LogP contribution in [0, 0.1) is 3.57 Å². The summed E-state index contributed by atoms with van der Waals surface area (Å²) < 4.78 is 2.32. The van der Waals surface area contributed by atoms with Crippen LogP contribution in [0.4, 0.5) is 0 Å². The van der Waals surface area contributed by atoms with Gasteiger partial charge in [0.15, 0.2) is 0 Å². The third kappa shape index (κ3) is 2.73. The van der Waals surface area contributed by atoms with Gasteiger partial charge in [-0.15, -0.1) is 11.6 Å². The molecule has 0 fully saturated rings. The molecule has 0 aliphatic heterocycles. The predicted molar refractivity (Wildman–Crippen MR) is 66.4 cm³/mol. The molecule has 0 saturated heterocycles. The van der Waals surface area contributed by atoms with E-state index in [1.807, 2.05) is 0 Å². The van der Waals surface area contributed by atoms with Crippen molar-refractivity contribution in [3.05, 3.63) is 32.9 Å². The van der Waals surface area contributed by atoms with Crippen LogP contribution in [-0.2, 0) is 10.3 Å². The molecule has 11 heavy (non-hydrogen) atoms. The van der Waals surface area contributed by atoms with Crippen LogP contribution >= 0.6 is 56.8 Å². The molecule has 0 nitrogen and oxygen atoms in total. The first kappa shape index (κ1) is 10.1. The van der Waals surface area contributed by atoms with Gasteiger partial charge in [0.05, 0.1) is 0 Å². The van der Waals surface area contributed by atoms with Crippen molar-refractivity contribution in [1.29, 1.82) is 0 Å². The van der Waals surface area contributed by atoms with Gasteiger partial charge in [0.25, 0.3) is 0 Å². The highest BCUT2D eigenvalue weighted by Crippen LogP contribution is 2.18. The molecule has 0 aliphatic rings. The van der Waals surface area contributed by atoms with Gasteiger partial charge in [-0.25, -0.2) is 0 Å². The Morgan fingerprint density at radius 3 is 2.55 bits per heavy atom. The van der Waals surface area contributed by atoms with E-state index in [2.05, 4.69) is 63.4 Å². The fraction of sp³-hybridized carbons (Fsp3) is 0.250. The Morgan fingerprint density at radius 1 is 1.27 bits per heavy atom. The second kappa shape index (κ2) is 4.87.